The first-order chi connectivity index (χ1) is 11.1. The van der Waals surface area contributed by atoms with Crippen molar-refractivity contribution in [3.05, 3.63) is 59.7 Å². The maximum absolute atomic E-state index is 12.7. The average Bonchev–Trinajstić information content (AvgIpc) is 2.54. The fourth-order valence-electron chi connectivity index (χ4n) is 2.48. The molecule has 1 N–H and O–H groups in total. The molecule has 0 atom stereocenters. The summed E-state index contributed by atoms with van der Waals surface area (Å²) in [5.74, 6) is 0.754. The second-order valence-corrected chi connectivity index (χ2v) is 7.63. The van der Waals surface area contributed by atoms with E-state index in [9.17, 15) is 4.79 Å². The molecule has 0 unspecified atom stereocenters. The van der Waals surface area contributed by atoms with Crippen molar-refractivity contribution in [1.82, 2.24) is 0 Å². The maximum atomic E-state index is 12.7. The lowest BCUT2D eigenvalue weighted by atomic mass is 9.83. The van der Waals surface area contributed by atoms with Gasteiger partial charge in [0.1, 0.15) is 5.75 Å². The molecule has 0 aliphatic carbocycles. The number of amides is 1. The van der Waals surface area contributed by atoms with E-state index in [0.717, 1.165) is 17.0 Å². The first kappa shape index (κ1) is 18.1. The Kier molecular flexibility index (Phi) is 5.02. The molecule has 0 fully saturated rings. The van der Waals surface area contributed by atoms with Gasteiger partial charge in [-0.05, 0) is 54.7 Å². The second kappa shape index (κ2) is 6.68. The van der Waals surface area contributed by atoms with Crippen LogP contribution in [0.4, 0.5) is 5.69 Å². The van der Waals surface area contributed by atoms with Crippen molar-refractivity contribution in [1.29, 1.82) is 0 Å². The van der Waals surface area contributed by atoms with Crippen molar-refractivity contribution in [3.63, 3.8) is 0 Å². The van der Waals surface area contributed by atoms with Gasteiger partial charge < -0.3 is 10.1 Å². The summed E-state index contributed by atoms with van der Waals surface area (Å²) in [6, 6.07) is 15.7. The number of hydrogen-bond acceptors (Lipinski definition) is 2. The molecule has 0 aliphatic heterocycles. The standard InChI is InChI=1S/C21H27NO2/c1-20(2,3)15-7-11-17(12-8-15)22-19(23)21(4,5)16-9-13-18(24-6)14-10-16/h7-14H,1-6H3,(H,22,23). The van der Waals surface area contributed by atoms with E-state index in [1.54, 1.807) is 7.11 Å². The zero-order valence-corrected chi connectivity index (χ0v) is 15.4. The van der Waals surface area contributed by atoms with Gasteiger partial charge in [0.05, 0.1) is 12.5 Å². The van der Waals surface area contributed by atoms with Crippen LogP contribution in [0.1, 0.15) is 45.7 Å². The van der Waals surface area contributed by atoms with Crippen LogP contribution in [0.5, 0.6) is 5.75 Å². The van der Waals surface area contributed by atoms with Gasteiger partial charge in [-0.15, -0.1) is 0 Å². The molecule has 0 aromatic heterocycles. The van der Waals surface area contributed by atoms with Crippen molar-refractivity contribution >= 4 is 11.6 Å². The third-order valence-electron chi connectivity index (χ3n) is 4.39. The van der Waals surface area contributed by atoms with E-state index in [2.05, 4.69) is 38.2 Å². The molecule has 3 heteroatoms. The van der Waals surface area contributed by atoms with E-state index < -0.39 is 5.41 Å². The number of carbonyl (C=O) groups excluding carboxylic acids is 1. The molecule has 0 bridgehead atoms. The lowest BCUT2D eigenvalue weighted by Crippen LogP contribution is -2.34. The van der Waals surface area contributed by atoms with Crippen LogP contribution in [0.3, 0.4) is 0 Å². The van der Waals surface area contributed by atoms with Crippen LogP contribution in [0.25, 0.3) is 0 Å². The fourth-order valence-corrected chi connectivity index (χ4v) is 2.48. The van der Waals surface area contributed by atoms with Gasteiger partial charge in [0.15, 0.2) is 0 Å². The normalized spacial score (nSPS) is 11.9. The SMILES string of the molecule is COc1ccc(C(C)(C)C(=O)Nc2ccc(C(C)(C)C)cc2)cc1. The highest BCUT2D eigenvalue weighted by molar-refractivity contribution is 5.98. The molecule has 2 aromatic rings. The smallest absolute Gasteiger partial charge is 0.234 e. The van der Waals surface area contributed by atoms with E-state index in [0.29, 0.717) is 0 Å². The average molecular weight is 325 g/mol. The van der Waals surface area contributed by atoms with Gasteiger partial charge in [-0.3, -0.25) is 4.79 Å². The summed E-state index contributed by atoms with van der Waals surface area (Å²) in [7, 11) is 1.63. The molecule has 24 heavy (non-hydrogen) atoms. The Labute approximate surface area is 145 Å². The van der Waals surface area contributed by atoms with E-state index in [4.69, 9.17) is 4.74 Å². The highest BCUT2D eigenvalue weighted by Gasteiger charge is 2.30. The van der Waals surface area contributed by atoms with E-state index in [1.165, 1.54) is 5.56 Å². The van der Waals surface area contributed by atoms with Crippen LogP contribution >= 0.6 is 0 Å². The van der Waals surface area contributed by atoms with E-state index in [-0.39, 0.29) is 11.3 Å². The Balaban J connectivity index is 2.15. The van der Waals surface area contributed by atoms with Crippen LogP contribution in [0.2, 0.25) is 0 Å². The number of hydrogen-bond donors (Lipinski definition) is 1. The minimum Gasteiger partial charge on any atom is -0.497 e. The number of benzene rings is 2. The molecule has 3 nitrogen and oxygen atoms in total. The Bertz CT molecular complexity index is 692. The van der Waals surface area contributed by atoms with Gasteiger partial charge >= 0.3 is 0 Å². The number of rotatable bonds is 4. The third-order valence-corrected chi connectivity index (χ3v) is 4.39. The monoisotopic (exact) mass is 325 g/mol. The molecule has 0 heterocycles. The largest absolute Gasteiger partial charge is 0.497 e. The Morgan fingerprint density at radius 1 is 0.833 bits per heavy atom. The number of anilines is 1. The first-order valence-electron chi connectivity index (χ1n) is 8.21. The highest BCUT2D eigenvalue weighted by atomic mass is 16.5. The molecule has 0 saturated carbocycles. The zero-order chi connectivity index (χ0) is 18.0. The molecule has 128 valence electrons. The van der Waals surface area contributed by atoms with Crippen molar-refractivity contribution in [2.75, 3.05) is 12.4 Å². The molecule has 0 spiro atoms. The third kappa shape index (κ3) is 3.97. The summed E-state index contributed by atoms with van der Waals surface area (Å²) in [6.07, 6.45) is 0. The van der Waals surface area contributed by atoms with Crippen molar-refractivity contribution < 1.29 is 9.53 Å². The molecule has 0 saturated heterocycles. The van der Waals surface area contributed by atoms with E-state index >= 15 is 0 Å². The number of nitrogens with one attached hydrogen (secondary N) is 1. The van der Waals surface area contributed by atoms with Gasteiger partial charge in [0.2, 0.25) is 5.91 Å². The summed E-state index contributed by atoms with van der Waals surface area (Å²) >= 11 is 0. The number of ether oxygens (including phenoxy) is 1. The minimum absolute atomic E-state index is 0.0313. The summed E-state index contributed by atoms with van der Waals surface area (Å²) in [5.41, 5.74) is 2.48. The Morgan fingerprint density at radius 3 is 1.79 bits per heavy atom. The molecular weight excluding hydrogens is 298 g/mol. The Morgan fingerprint density at radius 2 is 1.33 bits per heavy atom. The van der Waals surface area contributed by atoms with Crippen LogP contribution in [-0.4, -0.2) is 13.0 Å². The predicted octanol–water partition coefficient (Wildman–Crippen LogP) is 4.91. The maximum Gasteiger partial charge on any atom is 0.234 e. The van der Waals surface area contributed by atoms with Gasteiger partial charge in [0, 0.05) is 5.69 Å². The predicted molar refractivity (Wildman–Crippen MR) is 99.8 cm³/mol. The minimum atomic E-state index is -0.630. The van der Waals surface area contributed by atoms with Crippen molar-refractivity contribution in [2.45, 2.75) is 45.4 Å². The first-order valence-corrected chi connectivity index (χ1v) is 8.21. The van der Waals surface area contributed by atoms with Crippen LogP contribution in [-0.2, 0) is 15.6 Å². The van der Waals surface area contributed by atoms with Gasteiger partial charge in [-0.1, -0.05) is 45.0 Å². The second-order valence-electron chi connectivity index (χ2n) is 7.63. The lowest BCUT2D eigenvalue weighted by Gasteiger charge is -2.25. The molecular formula is C21H27NO2. The lowest BCUT2D eigenvalue weighted by molar-refractivity contribution is -0.120. The highest BCUT2D eigenvalue weighted by Crippen LogP contribution is 2.28. The molecule has 0 radical (unpaired) electrons. The molecule has 2 rings (SSSR count). The number of carbonyl (C=O) groups is 1. The van der Waals surface area contributed by atoms with Crippen LogP contribution in [0.15, 0.2) is 48.5 Å². The van der Waals surface area contributed by atoms with Gasteiger partial charge in [0.25, 0.3) is 0 Å². The quantitative estimate of drug-likeness (QED) is 0.867. The summed E-state index contributed by atoms with van der Waals surface area (Å²) < 4.78 is 5.18. The van der Waals surface area contributed by atoms with Crippen molar-refractivity contribution in [3.8, 4) is 5.75 Å². The van der Waals surface area contributed by atoms with Gasteiger partial charge in [-0.25, -0.2) is 0 Å². The van der Waals surface area contributed by atoms with Crippen molar-refractivity contribution in [2.24, 2.45) is 0 Å². The fraction of sp³-hybridized carbons (Fsp3) is 0.381. The summed E-state index contributed by atoms with van der Waals surface area (Å²) in [4.78, 5) is 12.7. The molecule has 0 aliphatic rings. The van der Waals surface area contributed by atoms with E-state index in [1.807, 2.05) is 50.2 Å². The van der Waals surface area contributed by atoms with Gasteiger partial charge in [-0.2, -0.15) is 0 Å². The van der Waals surface area contributed by atoms with Crippen LogP contribution < -0.4 is 10.1 Å². The number of methoxy groups -OCH3 is 1. The molecule has 1 amide bonds. The molecule has 2 aromatic carbocycles. The zero-order valence-electron chi connectivity index (χ0n) is 15.4. The Hall–Kier alpha value is -2.29. The topological polar surface area (TPSA) is 38.3 Å². The van der Waals surface area contributed by atoms with Crippen LogP contribution in [0, 0.1) is 0 Å². The summed E-state index contributed by atoms with van der Waals surface area (Å²) in [6.45, 7) is 10.4. The summed E-state index contributed by atoms with van der Waals surface area (Å²) in [5, 5.41) is 3.02.